The van der Waals surface area contributed by atoms with Gasteiger partial charge < -0.3 is 4.90 Å². The van der Waals surface area contributed by atoms with Crippen LogP contribution >= 0.6 is 0 Å². The van der Waals surface area contributed by atoms with Crippen molar-refractivity contribution in [2.75, 3.05) is 13.1 Å². The molecule has 102 valence electrons. The van der Waals surface area contributed by atoms with Gasteiger partial charge >= 0.3 is 0 Å². The number of carbonyl (C=O) groups excluding carboxylic acids is 1. The number of amides is 1. The lowest BCUT2D eigenvalue weighted by molar-refractivity contribution is -0.129. The zero-order valence-corrected chi connectivity index (χ0v) is 10.5. The molecule has 1 aromatic rings. The maximum absolute atomic E-state index is 13.8. The molecule has 19 heavy (non-hydrogen) atoms. The van der Waals surface area contributed by atoms with Crippen molar-refractivity contribution in [3.63, 3.8) is 0 Å². The fourth-order valence-corrected chi connectivity index (χ4v) is 2.70. The summed E-state index contributed by atoms with van der Waals surface area (Å²) in [7, 11) is 0. The molecule has 1 amide bonds. The van der Waals surface area contributed by atoms with Crippen LogP contribution in [0.15, 0.2) is 18.2 Å². The van der Waals surface area contributed by atoms with E-state index in [9.17, 15) is 13.6 Å². The molecule has 1 aliphatic heterocycles. The fourth-order valence-electron chi connectivity index (χ4n) is 2.70. The van der Waals surface area contributed by atoms with E-state index in [2.05, 4.69) is 5.32 Å². The fraction of sp³-hybridized carbons (Fsp3) is 0.500. The van der Waals surface area contributed by atoms with E-state index in [1.807, 2.05) is 0 Å². The topological polar surface area (TPSA) is 32.3 Å². The highest BCUT2D eigenvalue weighted by molar-refractivity contribution is 5.81. The Bertz CT molecular complexity index is 502. The zero-order chi connectivity index (χ0) is 13.4. The first-order chi connectivity index (χ1) is 9.15. The molecule has 0 spiro atoms. The van der Waals surface area contributed by atoms with Crippen molar-refractivity contribution in [1.29, 1.82) is 0 Å². The van der Waals surface area contributed by atoms with Crippen molar-refractivity contribution >= 4 is 5.91 Å². The van der Waals surface area contributed by atoms with Crippen molar-refractivity contribution in [2.24, 2.45) is 5.92 Å². The van der Waals surface area contributed by atoms with Gasteiger partial charge in [-0.15, -0.1) is 0 Å². The Morgan fingerprint density at radius 2 is 2.11 bits per heavy atom. The molecule has 3 nitrogen and oxygen atoms in total. The average Bonchev–Trinajstić information content (AvgIpc) is 2.65. The Labute approximate surface area is 110 Å². The molecular weight excluding hydrogens is 250 g/mol. The molecule has 1 heterocycles. The lowest BCUT2D eigenvalue weighted by Crippen LogP contribution is -2.37. The quantitative estimate of drug-likeness (QED) is 0.909. The third kappa shape index (κ3) is 2.34. The van der Waals surface area contributed by atoms with Crippen molar-refractivity contribution < 1.29 is 13.6 Å². The summed E-state index contributed by atoms with van der Waals surface area (Å²) in [5, 5.41) is 3.00. The average molecular weight is 266 g/mol. The van der Waals surface area contributed by atoms with Crippen LogP contribution in [0, 0.1) is 17.6 Å². The lowest BCUT2D eigenvalue weighted by Gasteiger charge is -2.33. The van der Waals surface area contributed by atoms with Crippen LogP contribution in [0.1, 0.15) is 31.0 Å². The van der Waals surface area contributed by atoms with E-state index in [1.54, 1.807) is 4.90 Å². The maximum atomic E-state index is 13.8. The summed E-state index contributed by atoms with van der Waals surface area (Å²) in [6.07, 6.45) is 2.99. The third-order valence-corrected chi connectivity index (χ3v) is 4.02. The predicted octanol–water partition coefficient (Wildman–Crippen LogP) is 2.20. The van der Waals surface area contributed by atoms with Gasteiger partial charge in [0.05, 0.1) is 6.54 Å². The molecule has 5 heteroatoms. The van der Waals surface area contributed by atoms with E-state index >= 15 is 0 Å². The van der Waals surface area contributed by atoms with Crippen molar-refractivity contribution in [3.8, 4) is 0 Å². The molecule has 0 bridgehead atoms. The molecular formula is C14H16F2N2O. The van der Waals surface area contributed by atoms with Crippen LogP contribution in [-0.2, 0) is 4.79 Å². The molecule has 1 N–H and O–H groups in total. The van der Waals surface area contributed by atoms with Gasteiger partial charge in [0.2, 0.25) is 5.91 Å². The first-order valence-electron chi connectivity index (χ1n) is 6.63. The smallest absolute Gasteiger partial charge is 0.238 e. The highest BCUT2D eigenvalue weighted by Gasteiger charge is 2.35. The SMILES string of the molecule is O=C1CNC(c2ccc(F)cc2F)N1CC1CCC1. The number of rotatable bonds is 3. The molecule has 1 atom stereocenters. The molecule has 0 radical (unpaired) electrons. The Kier molecular flexibility index (Phi) is 3.22. The van der Waals surface area contributed by atoms with Crippen molar-refractivity contribution in [1.82, 2.24) is 10.2 Å². The number of hydrogen-bond donors (Lipinski definition) is 1. The standard InChI is InChI=1S/C14H16F2N2O/c15-10-4-5-11(12(16)6-10)14-17-7-13(19)18(14)8-9-2-1-3-9/h4-6,9,14,17H,1-3,7-8H2. The Balaban J connectivity index is 1.82. The summed E-state index contributed by atoms with van der Waals surface area (Å²) >= 11 is 0. The van der Waals surface area contributed by atoms with E-state index in [0.29, 0.717) is 18.0 Å². The summed E-state index contributed by atoms with van der Waals surface area (Å²) in [6, 6.07) is 3.50. The number of nitrogens with one attached hydrogen (secondary N) is 1. The minimum Gasteiger partial charge on any atom is -0.321 e. The van der Waals surface area contributed by atoms with E-state index in [0.717, 1.165) is 18.9 Å². The second kappa shape index (κ2) is 4.89. The summed E-state index contributed by atoms with van der Waals surface area (Å²) in [5.74, 6) is -0.697. The number of carbonyl (C=O) groups is 1. The van der Waals surface area contributed by atoms with Crippen LogP contribution in [0.4, 0.5) is 8.78 Å². The maximum Gasteiger partial charge on any atom is 0.238 e. The molecule has 2 fully saturated rings. The molecule has 1 saturated heterocycles. The number of nitrogens with zero attached hydrogens (tertiary/aromatic N) is 1. The van der Waals surface area contributed by atoms with Gasteiger partial charge in [0.25, 0.3) is 0 Å². The molecule has 3 rings (SSSR count). The van der Waals surface area contributed by atoms with Gasteiger partial charge in [-0.3, -0.25) is 10.1 Å². The molecule has 1 saturated carbocycles. The van der Waals surface area contributed by atoms with Crippen LogP contribution < -0.4 is 5.32 Å². The van der Waals surface area contributed by atoms with Crippen LogP contribution in [0.25, 0.3) is 0 Å². The van der Waals surface area contributed by atoms with Crippen molar-refractivity contribution in [3.05, 3.63) is 35.4 Å². The van der Waals surface area contributed by atoms with Gasteiger partial charge in [0.15, 0.2) is 0 Å². The van der Waals surface area contributed by atoms with Crippen LogP contribution in [0.3, 0.4) is 0 Å². The minimum atomic E-state index is -0.606. The predicted molar refractivity (Wildman–Crippen MR) is 66.2 cm³/mol. The first-order valence-corrected chi connectivity index (χ1v) is 6.63. The molecule has 1 unspecified atom stereocenters. The largest absolute Gasteiger partial charge is 0.321 e. The highest BCUT2D eigenvalue weighted by Crippen LogP contribution is 2.32. The monoisotopic (exact) mass is 266 g/mol. The molecule has 1 aromatic carbocycles. The first kappa shape index (κ1) is 12.5. The van der Waals surface area contributed by atoms with E-state index in [1.165, 1.54) is 18.6 Å². The second-order valence-corrected chi connectivity index (χ2v) is 5.29. The third-order valence-electron chi connectivity index (χ3n) is 4.02. The van der Waals surface area contributed by atoms with Gasteiger partial charge in [-0.25, -0.2) is 8.78 Å². The van der Waals surface area contributed by atoms with E-state index in [-0.39, 0.29) is 12.5 Å². The molecule has 0 aromatic heterocycles. The van der Waals surface area contributed by atoms with Gasteiger partial charge in [-0.05, 0) is 30.9 Å². The van der Waals surface area contributed by atoms with Crippen molar-refractivity contribution in [2.45, 2.75) is 25.4 Å². The summed E-state index contributed by atoms with van der Waals surface area (Å²) < 4.78 is 26.8. The number of halogens is 2. The van der Waals surface area contributed by atoms with E-state index < -0.39 is 17.8 Å². The van der Waals surface area contributed by atoms with Gasteiger partial charge in [0.1, 0.15) is 17.8 Å². The number of hydrogen-bond acceptors (Lipinski definition) is 2. The zero-order valence-electron chi connectivity index (χ0n) is 10.5. The van der Waals surface area contributed by atoms with Crippen LogP contribution in [0.5, 0.6) is 0 Å². The Morgan fingerprint density at radius 3 is 2.74 bits per heavy atom. The Hall–Kier alpha value is -1.49. The van der Waals surface area contributed by atoms with E-state index in [4.69, 9.17) is 0 Å². The summed E-state index contributed by atoms with van der Waals surface area (Å²) in [6.45, 7) is 0.877. The normalized spacial score (nSPS) is 23.8. The summed E-state index contributed by atoms with van der Waals surface area (Å²) in [5.41, 5.74) is 0.339. The minimum absolute atomic E-state index is 0.0133. The van der Waals surface area contributed by atoms with Gasteiger partial charge in [0, 0.05) is 18.2 Å². The second-order valence-electron chi connectivity index (χ2n) is 5.29. The Morgan fingerprint density at radius 1 is 1.32 bits per heavy atom. The van der Waals surface area contributed by atoms with Gasteiger partial charge in [-0.2, -0.15) is 0 Å². The number of benzene rings is 1. The molecule has 1 aliphatic carbocycles. The highest BCUT2D eigenvalue weighted by atomic mass is 19.1. The molecule has 2 aliphatic rings. The lowest BCUT2D eigenvalue weighted by atomic mass is 9.85. The van der Waals surface area contributed by atoms with Gasteiger partial charge in [-0.1, -0.05) is 6.42 Å². The summed E-state index contributed by atoms with van der Waals surface area (Å²) in [4.78, 5) is 13.6. The van der Waals surface area contributed by atoms with Crippen LogP contribution in [-0.4, -0.2) is 23.9 Å². The van der Waals surface area contributed by atoms with Crippen LogP contribution in [0.2, 0.25) is 0 Å².